The number of aliphatic imine (C=N–C) groups is 1. The highest BCUT2D eigenvalue weighted by atomic mass is 32.2. The zero-order chi connectivity index (χ0) is 56.9. The van der Waals surface area contributed by atoms with Crippen molar-refractivity contribution >= 4 is 63.8 Å². The van der Waals surface area contributed by atoms with E-state index >= 15 is 0 Å². The highest BCUT2D eigenvalue weighted by molar-refractivity contribution is 8.14. The predicted molar refractivity (Wildman–Crippen MR) is 299 cm³/mol. The van der Waals surface area contributed by atoms with Gasteiger partial charge in [0, 0.05) is 67.7 Å². The van der Waals surface area contributed by atoms with Crippen molar-refractivity contribution in [3.05, 3.63) is 71.5 Å². The molecule has 4 aliphatic heterocycles. The molecule has 17 nitrogen and oxygen atoms in total. The van der Waals surface area contributed by atoms with Crippen LogP contribution in [-0.4, -0.2) is 155 Å². The maximum atomic E-state index is 14.2. The van der Waals surface area contributed by atoms with Crippen LogP contribution in [0.1, 0.15) is 136 Å². The number of rotatable bonds is 20. The first-order valence-electron chi connectivity index (χ1n) is 27.6. The number of carbonyl (C=O) groups is 8. The lowest BCUT2D eigenvalue weighted by molar-refractivity contribution is -0.144. The number of likely N-dealkylation sites (tertiary alicyclic amines) is 3. The highest BCUT2D eigenvalue weighted by Gasteiger charge is 2.47. The van der Waals surface area contributed by atoms with Gasteiger partial charge in [-0.05, 0) is 108 Å². The third-order valence-electron chi connectivity index (χ3n) is 15.4. The number of carbonyl (C=O) groups excluding carboxylic acids is 8. The SMILES string of the molecule is CC[C@@H](NC(=O)[C@@H]1C[C@H](NC(=O)C(C)C)CN1C(=O)[C@@H](NC(=O)[C@H](C)NC)C(C)(C)C)c1ccccc1.CN[C@@H](C)C(=O)C[C@H](C(=O)N1CCCC1C1=NC(C(=O)c2ccc(F)cc2)CS1)C1CCN(C(=O)C(C)C)CC1. The maximum Gasteiger partial charge on any atom is 0.246 e. The number of likely N-dealkylation sites (N-methyl/N-ethyl adjacent to an activating group) is 2. The smallest absolute Gasteiger partial charge is 0.246 e. The molecule has 424 valence electrons. The van der Waals surface area contributed by atoms with Gasteiger partial charge in [-0.2, -0.15) is 0 Å². The molecule has 3 fully saturated rings. The lowest BCUT2D eigenvalue weighted by atomic mass is 9.79. The topological polar surface area (TPSA) is 219 Å². The van der Waals surface area contributed by atoms with E-state index in [-0.39, 0.29) is 102 Å². The lowest BCUT2D eigenvalue weighted by Crippen LogP contribution is -2.59. The summed E-state index contributed by atoms with van der Waals surface area (Å²) in [6, 6.07) is 11.4. The van der Waals surface area contributed by atoms with Crippen LogP contribution in [0.4, 0.5) is 4.39 Å². The third-order valence-corrected chi connectivity index (χ3v) is 16.6. The lowest BCUT2D eigenvalue weighted by Gasteiger charge is -2.38. The molecule has 5 N–H and O–H groups in total. The summed E-state index contributed by atoms with van der Waals surface area (Å²) >= 11 is 1.51. The van der Waals surface area contributed by atoms with Crippen molar-refractivity contribution in [3.8, 4) is 0 Å². The molecule has 9 atom stereocenters. The summed E-state index contributed by atoms with van der Waals surface area (Å²) in [4.78, 5) is 115. The van der Waals surface area contributed by atoms with Crippen molar-refractivity contribution in [2.75, 3.05) is 46.0 Å². The minimum Gasteiger partial charge on any atom is -0.351 e. The Kier molecular flexibility index (Phi) is 23.0. The molecule has 19 heteroatoms. The number of piperidine rings is 1. The summed E-state index contributed by atoms with van der Waals surface area (Å²) in [5.74, 6) is -1.69. The molecule has 0 aromatic heterocycles. The molecule has 2 aromatic carbocycles. The molecule has 0 bridgehead atoms. The second kappa shape index (κ2) is 28.4. The molecule has 77 heavy (non-hydrogen) atoms. The summed E-state index contributed by atoms with van der Waals surface area (Å²) < 4.78 is 13.3. The van der Waals surface area contributed by atoms with Crippen molar-refractivity contribution in [1.82, 2.24) is 41.3 Å². The summed E-state index contributed by atoms with van der Waals surface area (Å²) in [5.41, 5.74) is 0.812. The van der Waals surface area contributed by atoms with Crippen molar-refractivity contribution in [2.24, 2.45) is 34.1 Å². The molecule has 6 amide bonds. The van der Waals surface area contributed by atoms with Gasteiger partial charge in [0.1, 0.15) is 29.7 Å². The number of halogens is 1. The van der Waals surface area contributed by atoms with Gasteiger partial charge in [0.2, 0.25) is 35.4 Å². The third kappa shape index (κ3) is 16.5. The van der Waals surface area contributed by atoms with Gasteiger partial charge in [-0.3, -0.25) is 43.3 Å². The number of nitrogens with zero attached hydrogens (tertiary/aromatic N) is 4. The van der Waals surface area contributed by atoms with Gasteiger partial charge in [0.05, 0.1) is 29.2 Å². The number of benzene rings is 2. The number of ketones is 2. The van der Waals surface area contributed by atoms with Gasteiger partial charge >= 0.3 is 0 Å². The molecule has 6 rings (SSSR count). The molecule has 2 aromatic rings. The Morgan fingerprint density at radius 1 is 0.753 bits per heavy atom. The Morgan fingerprint density at radius 3 is 1.96 bits per heavy atom. The van der Waals surface area contributed by atoms with E-state index in [2.05, 4.69) is 26.6 Å². The van der Waals surface area contributed by atoms with Gasteiger partial charge in [-0.1, -0.05) is 85.7 Å². The van der Waals surface area contributed by atoms with Crippen LogP contribution in [0.5, 0.6) is 0 Å². The van der Waals surface area contributed by atoms with E-state index < -0.39 is 41.3 Å². The first kappa shape index (κ1) is 62.3. The highest BCUT2D eigenvalue weighted by Crippen LogP contribution is 2.36. The van der Waals surface area contributed by atoms with Crippen LogP contribution in [0.3, 0.4) is 0 Å². The van der Waals surface area contributed by atoms with Crippen LogP contribution in [0.2, 0.25) is 0 Å². The molecule has 0 saturated carbocycles. The molecule has 4 heterocycles. The minimum absolute atomic E-state index is 0.00910. The van der Waals surface area contributed by atoms with Gasteiger partial charge < -0.3 is 41.3 Å². The average Bonchev–Trinajstić information content (AvgIpc) is 4.23. The molecule has 0 spiro atoms. The van der Waals surface area contributed by atoms with E-state index in [1.807, 2.05) is 88.6 Å². The van der Waals surface area contributed by atoms with E-state index in [1.54, 1.807) is 34.9 Å². The Bertz CT molecular complexity index is 2410. The van der Waals surface area contributed by atoms with Crippen LogP contribution in [0.25, 0.3) is 0 Å². The van der Waals surface area contributed by atoms with E-state index in [0.717, 1.165) is 23.4 Å². The fourth-order valence-electron chi connectivity index (χ4n) is 10.3. The van der Waals surface area contributed by atoms with Crippen molar-refractivity contribution in [3.63, 3.8) is 0 Å². The first-order valence-corrected chi connectivity index (χ1v) is 28.6. The average molecular weight is 1090 g/mol. The molecular weight excluding hydrogens is 1000 g/mol. The van der Waals surface area contributed by atoms with Crippen molar-refractivity contribution in [2.45, 2.75) is 163 Å². The number of amides is 6. The number of thioether (sulfide) groups is 1. The minimum atomic E-state index is -0.846. The van der Waals surface area contributed by atoms with E-state index in [0.29, 0.717) is 56.6 Å². The summed E-state index contributed by atoms with van der Waals surface area (Å²) in [5, 5.41) is 15.7. The summed E-state index contributed by atoms with van der Waals surface area (Å²) in [6.45, 7) is 20.6. The van der Waals surface area contributed by atoms with Crippen molar-refractivity contribution in [1.29, 1.82) is 0 Å². The van der Waals surface area contributed by atoms with Gasteiger partial charge in [0.25, 0.3) is 0 Å². The Hall–Kier alpha value is -5.53. The van der Waals surface area contributed by atoms with Crippen LogP contribution in [0, 0.1) is 34.9 Å². The van der Waals surface area contributed by atoms with E-state index in [1.165, 1.54) is 40.9 Å². The molecule has 2 unspecified atom stereocenters. The Labute approximate surface area is 460 Å². The van der Waals surface area contributed by atoms with E-state index in [9.17, 15) is 42.7 Å². The maximum absolute atomic E-state index is 14.2. The molecule has 0 aliphatic carbocycles. The molecular formula is C58H86FN9O8S. The van der Waals surface area contributed by atoms with Crippen LogP contribution >= 0.6 is 11.8 Å². The van der Waals surface area contributed by atoms with Crippen LogP contribution in [0.15, 0.2) is 59.6 Å². The number of nitrogens with one attached hydrogen (secondary N) is 5. The molecule has 0 radical (unpaired) electrons. The van der Waals surface area contributed by atoms with Crippen LogP contribution < -0.4 is 26.6 Å². The number of hydrogen-bond donors (Lipinski definition) is 5. The second-order valence-corrected chi connectivity index (χ2v) is 23.8. The van der Waals surface area contributed by atoms with Crippen LogP contribution in [-0.2, 0) is 33.6 Å². The Balaban J connectivity index is 0.000000285. The second-order valence-electron chi connectivity index (χ2n) is 22.8. The standard InChI is InChI=1S/C30H41FN4O4S.C28H45N5O4/c1-18(2)29(38)34-14-11-20(12-15-34)23(16-26(36)19(3)32-4)30(39)35-13-5-6-25(35)28-33-24(17-40-28)27(37)21-7-9-22(31)10-8-21;1-9-21(19-13-11-10-12-14-19)31-26(36)22-15-20(30-24(34)17(2)3)16-33(22)27(37)23(28(5,6)7)32-25(35)18(4)29-8/h7-10,18-20,23-25,32H,5-6,11-17H2,1-4H3;10-14,17-18,20-23,29H,9,15-16H2,1-8H3,(H,30,34)(H,31,36)(H,32,35)/t19-,23-,24?,25?;18-,20-,21+,22-,23+/m00/s1. The molecule has 4 aliphatic rings. The Morgan fingerprint density at radius 2 is 1.39 bits per heavy atom. The summed E-state index contributed by atoms with van der Waals surface area (Å²) in [6.07, 6.45) is 4.14. The molecule has 3 saturated heterocycles. The van der Waals surface area contributed by atoms with E-state index in [4.69, 9.17) is 4.99 Å². The van der Waals surface area contributed by atoms with Gasteiger partial charge in [-0.25, -0.2) is 4.39 Å². The number of hydrogen-bond acceptors (Lipinski definition) is 12. The normalized spacial score (nSPS) is 21.8. The monoisotopic (exact) mass is 1090 g/mol. The fourth-order valence-corrected chi connectivity index (χ4v) is 11.5. The largest absolute Gasteiger partial charge is 0.351 e. The number of Topliss-reactive ketones (excluding diaryl/α,β-unsaturated/α-hetero) is 2. The quantitative estimate of drug-likeness (QED) is 0.101. The van der Waals surface area contributed by atoms with Gasteiger partial charge in [0.15, 0.2) is 5.78 Å². The van der Waals surface area contributed by atoms with Crippen molar-refractivity contribution < 1.29 is 42.7 Å². The zero-order valence-corrected chi connectivity index (χ0v) is 48.3. The predicted octanol–water partition coefficient (Wildman–Crippen LogP) is 5.73. The van der Waals surface area contributed by atoms with Gasteiger partial charge in [-0.15, -0.1) is 11.8 Å². The first-order chi connectivity index (χ1) is 36.4. The summed E-state index contributed by atoms with van der Waals surface area (Å²) in [7, 11) is 3.42. The fraction of sp³-hybridized carbons (Fsp3) is 0.638. The zero-order valence-electron chi connectivity index (χ0n) is 47.5.